The van der Waals surface area contributed by atoms with Crippen molar-refractivity contribution in [2.75, 3.05) is 0 Å². The highest BCUT2D eigenvalue weighted by Crippen LogP contribution is 2.11. The number of aliphatic hydroxyl groups is 1. The van der Waals surface area contributed by atoms with Crippen LogP contribution in [0.15, 0.2) is 36.4 Å². The number of halogens is 1. The smallest absolute Gasteiger partial charge is 0.291 e. The summed E-state index contributed by atoms with van der Waals surface area (Å²) >= 11 is 2.71. The van der Waals surface area contributed by atoms with Crippen LogP contribution in [-0.4, -0.2) is 26.9 Å². The van der Waals surface area contributed by atoms with Gasteiger partial charge < -0.3 is 5.11 Å². The highest BCUT2D eigenvalue weighted by atomic mass is 79.9. The van der Waals surface area contributed by atoms with Crippen molar-refractivity contribution in [3.63, 3.8) is 0 Å². The van der Waals surface area contributed by atoms with Crippen LogP contribution in [0.4, 0.5) is 0 Å². The average Bonchev–Trinajstić information content (AvgIpc) is 2.36. The van der Waals surface area contributed by atoms with Crippen LogP contribution in [0, 0.1) is 10.1 Å². The highest BCUT2D eigenvalue weighted by molar-refractivity contribution is 9.09. The first-order chi connectivity index (χ1) is 8.50. The van der Waals surface area contributed by atoms with Crippen molar-refractivity contribution in [2.45, 2.75) is 17.5 Å². The lowest BCUT2D eigenvalue weighted by Gasteiger charge is -2.08. The zero-order valence-corrected chi connectivity index (χ0v) is 11.0. The third-order valence-electron chi connectivity index (χ3n) is 2.19. The van der Waals surface area contributed by atoms with Gasteiger partial charge in [0, 0.05) is 11.3 Å². The lowest BCUT2D eigenvalue weighted by Crippen LogP contribution is -2.29. The zero-order chi connectivity index (χ0) is 13.5. The average molecular weight is 314 g/mol. The second-order valence-electron chi connectivity index (χ2n) is 3.64. The van der Waals surface area contributed by atoms with E-state index in [0.29, 0.717) is 0 Å². The second kappa shape index (κ2) is 7.03. The summed E-state index contributed by atoms with van der Waals surface area (Å²) in [5.74, 6) is -0.363. The number of alkyl halides is 1. The van der Waals surface area contributed by atoms with Crippen molar-refractivity contribution in [1.82, 2.24) is 0 Å². The summed E-state index contributed by atoms with van der Waals surface area (Å²) in [5, 5.41) is 19.8. The minimum absolute atomic E-state index is 0.291. The van der Waals surface area contributed by atoms with Crippen molar-refractivity contribution in [2.24, 2.45) is 0 Å². The van der Waals surface area contributed by atoms with E-state index in [-0.39, 0.29) is 12.2 Å². The zero-order valence-electron chi connectivity index (χ0n) is 9.40. The lowest BCUT2D eigenvalue weighted by molar-refractivity contribution is -0.503. The Balaban J connectivity index is 2.52. The number of carbonyl (C=O) groups excluding carboxylic acids is 1. The van der Waals surface area contributed by atoms with Crippen LogP contribution in [0.1, 0.15) is 12.0 Å². The molecule has 1 N–H and O–H groups in total. The van der Waals surface area contributed by atoms with E-state index in [4.69, 9.17) is 0 Å². The van der Waals surface area contributed by atoms with Gasteiger partial charge in [0.05, 0.1) is 0 Å². The molecule has 0 aromatic heterocycles. The van der Waals surface area contributed by atoms with E-state index in [1.165, 1.54) is 6.08 Å². The molecule has 0 aliphatic rings. The van der Waals surface area contributed by atoms with E-state index in [1.807, 2.05) is 30.3 Å². The molecule has 0 bridgehead atoms. The number of ketones is 1. The molecule has 0 aliphatic heterocycles. The van der Waals surface area contributed by atoms with E-state index in [1.54, 1.807) is 6.08 Å². The quantitative estimate of drug-likeness (QED) is 0.286. The topological polar surface area (TPSA) is 80.4 Å². The Morgan fingerprint density at radius 2 is 2.06 bits per heavy atom. The molecule has 1 rings (SSSR count). The summed E-state index contributed by atoms with van der Waals surface area (Å²) in [5.41, 5.74) is 0.852. The third kappa shape index (κ3) is 4.77. The Bertz CT molecular complexity index is 447. The molecule has 96 valence electrons. The lowest BCUT2D eigenvalue weighted by atomic mass is 10.1. The Morgan fingerprint density at radius 1 is 1.44 bits per heavy atom. The molecule has 0 spiro atoms. The molecule has 1 aromatic rings. The maximum atomic E-state index is 11.5. The highest BCUT2D eigenvalue weighted by Gasteiger charge is 2.27. The molecule has 0 saturated carbocycles. The Hall–Kier alpha value is -1.53. The van der Waals surface area contributed by atoms with Gasteiger partial charge in [0.15, 0.2) is 5.78 Å². The summed E-state index contributed by atoms with van der Waals surface area (Å²) in [6.45, 7) is 0. The predicted octanol–water partition coefficient (Wildman–Crippen LogP) is 2.02. The number of rotatable bonds is 6. The molecule has 0 saturated heterocycles. The molecule has 5 nitrogen and oxygen atoms in total. The van der Waals surface area contributed by atoms with Gasteiger partial charge in [-0.05, 0) is 27.6 Å². The van der Waals surface area contributed by atoms with E-state index in [9.17, 15) is 20.0 Å². The van der Waals surface area contributed by atoms with E-state index in [0.717, 1.165) is 5.56 Å². The number of nitrogens with zero attached hydrogens (tertiary/aromatic N) is 1. The fourth-order valence-electron chi connectivity index (χ4n) is 1.27. The predicted molar refractivity (Wildman–Crippen MR) is 70.8 cm³/mol. The van der Waals surface area contributed by atoms with Crippen molar-refractivity contribution in [3.8, 4) is 0 Å². The number of nitro groups is 1. The van der Waals surface area contributed by atoms with E-state index >= 15 is 0 Å². The van der Waals surface area contributed by atoms with Crippen LogP contribution in [0.2, 0.25) is 0 Å². The molecule has 0 fully saturated rings. The van der Waals surface area contributed by atoms with Gasteiger partial charge >= 0.3 is 0 Å². The number of hydrogen-bond acceptors (Lipinski definition) is 4. The van der Waals surface area contributed by atoms with Crippen LogP contribution in [0.5, 0.6) is 0 Å². The molecule has 18 heavy (non-hydrogen) atoms. The monoisotopic (exact) mass is 313 g/mol. The van der Waals surface area contributed by atoms with Crippen LogP contribution < -0.4 is 0 Å². The summed E-state index contributed by atoms with van der Waals surface area (Å²) in [4.78, 5) is 19.8. The van der Waals surface area contributed by atoms with Crippen LogP contribution in [0.3, 0.4) is 0 Å². The summed E-state index contributed by atoms with van der Waals surface area (Å²) < 4.78 is 0. The van der Waals surface area contributed by atoms with Crippen LogP contribution in [0.25, 0.3) is 6.08 Å². The van der Waals surface area contributed by atoms with Crippen molar-refractivity contribution in [1.29, 1.82) is 0 Å². The Kier molecular flexibility index (Phi) is 5.67. The molecule has 0 aliphatic carbocycles. The van der Waals surface area contributed by atoms with Gasteiger partial charge in [-0.15, -0.1) is 0 Å². The number of hydrogen-bond donors (Lipinski definition) is 1. The van der Waals surface area contributed by atoms with Crippen molar-refractivity contribution in [3.05, 3.63) is 52.1 Å². The van der Waals surface area contributed by atoms with E-state index in [2.05, 4.69) is 15.9 Å². The molecule has 0 amide bonds. The molecular formula is C12H12BrNO4. The molecule has 2 atom stereocenters. The third-order valence-corrected chi connectivity index (χ3v) is 3.14. The minimum Gasteiger partial charge on any atom is -0.384 e. The SMILES string of the molecule is O=C(/C=C/c1ccccc1)CC(O)C(Br)[N+](=O)[O-]. The molecule has 2 unspecified atom stereocenters. The van der Waals surface area contributed by atoms with Crippen LogP contribution >= 0.6 is 15.9 Å². The van der Waals surface area contributed by atoms with Crippen molar-refractivity contribution < 1.29 is 14.8 Å². The number of benzene rings is 1. The molecular weight excluding hydrogens is 302 g/mol. The van der Waals surface area contributed by atoms with Gasteiger partial charge in [-0.2, -0.15) is 0 Å². The largest absolute Gasteiger partial charge is 0.384 e. The molecule has 6 heteroatoms. The Labute approximate surface area is 112 Å². The number of carbonyl (C=O) groups is 1. The molecule has 0 radical (unpaired) electrons. The van der Waals surface area contributed by atoms with Gasteiger partial charge in [-0.25, -0.2) is 0 Å². The van der Waals surface area contributed by atoms with Gasteiger partial charge in [0.25, 0.3) is 4.95 Å². The fraction of sp³-hybridized carbons (Fsp3) is 0.250. The van der Waals surface area contributed by atoms with Gasteiger partial charge in [-0.1, -0.05) is 36.4 Å². The van der Waals surface area contributed by atoms with Gasteiger partial charge in [-0.3, -0.25) is 14.9 Å². The van der Waals surface area contributed by atoms with Gasteiger partial charge in [0.2, 0.25) is 0 Å². The minimum atomic E-state index is -1.34. The van der Waals surface area contributed by atoms with E-state index < -0.39 is 16.0 Å². The normalized spacial score (nSPS) is 14.3. The Morgan fingerprint density at radius 3 is 2.61 bits per heavy atom. The first-order valence-corrected chi connectivity index (χ1v) is 6.14. The molecule has 0 heterocycles. The number of allylic oxidation sites excluding steroid dienone is 1. The maximum absolute atomic E-state index is 11.5. The second-order valence-corrected chi connectivity index (χ2v) is 4.58. The van der Waals surface area contributed by atoms with Gasteiger partial charge in [0.1, 0.15) is 6.10 Å². The van der Waals surface area contributed by atoms with Crippen molar-refractivity contribution >= 4 is 27.8 Å². The standard InChI is InChI=1S/C12H12BrNO4/c13-12(14(17)18)11(16)8-10(15)7-6-9-4-2-1-3-5-9/h1-7,11-12,16H,8H2/b7-6+. The van der Waals surface area contributed by atoms with Crippen LogP contribution in [-0.2, 0) is 4.79 Å². The molecule has 1 aromatic carbocycles. The maximum Gasteiger partial charge on any atom is 0.291 e. The number of aliphatic hydroxyl groups excluding tert-OH is 1. The summed E-state index contributed by atoms with van der Waals surface area (Å²) in [6.07, 6.45) is 1.27. The summed E-state index contributed by atoms with van der Waals surface area (Å²) in [6, 6.07) is 9.17. The first kappa shape index (κ1) is 14.5. The first-order valence-electron chi connectivity index (χ1n) is 5.22. The summed E-state index contributed by atoms with van der Waals surface area (Å²) in [7, 11) is 0. The fourth-order valence-corrected chi connectivity index (χ4v) is 1.45.